The van der Waals surface area contributed by atoms with Crippen molar-refractivity contribution in [3.05, 3.63) is 0 Å². The Bertz CT molecular complexity index is 230. The molecular weight excluding hydrogens is 210 g/mol. The summed E-state index contributed by atoms with van der Waals surface area (Å²) < 4.78 is 15.4. The van der Waals surface area contributed by atoms with E-state index in [4.69, 9.17) is 14.2 Å². The quantitative estimate of drug-likeness (QED) is 0.640. The van der Waals surface area contributed by atoms with Gasteiger partial charge in [0.15, 0.2) is 0 Å². The molecule has 0 amide bonds. The zero-order valence-corrected chi connectivity index (χ0v) is 10.2. The van der Waals surface area contributed by atoms with Gasteiger partial charge in [0.1, 0.15) is 11.6 Å². The number of carbonyl (C=O) groups is 1. The summed E-state index contributed by atoms with van der Waals surface area (Å²) in [4.78, 5) is 11.7. The van der Waals surface area contributed by atoms with E-state index < -0.39 is 5.54 Å². The number of carbonyl (C=O) groups excluding carboxylic acids is 1. The molecule has 0 spiro atoms. The lowest BCUT2D eigenvalue weighted by molar-refractivity contribution is -0.163. The molecule has 5 heteroatoms. The second-order valence-electron chi connectivity index (χ2n) is 4.22. The molecule has 1 rings (SSSR count). The van der Waals surface area contributed by atoms with Crippen molar-refractivity contribution in [2.45, 2.75) is 31.9 Å². The van der Waals surface area contributed by atoms with Crippen molar-refractivity contribution in [3.8, 4) is 0 Å². The van der Waals surface area contributed by atoms with Crippen LogP contribution < -0.4 is 5.32 Å². The Balaban J connectivity index is 2.43. The summed E-state index contributed by atoms with van der Waals surface area (Å²) in [5.41, 5.74) is -0.764. The zero-order valence-electron chi connectivity index (χ0n) is 10.2. The summed E-state index contributed by atoms with van der Waals surface area (Å²) in [6.07, 6.45) is 1.08. The maximum Gasteiger partial charge on any atom is 0.328 e. The van der Waals surface area contributed by atoms with Gasteiger partial charge in [-0.15, -0.1) is 0 Å². The van der Waals surface area contributed by atoms with Crippen LogP contribution in [0, 0.1) is 0 Å². The molecule has 0 saturated carbocycles. The second kappa shape index (κ2) is 6.18. The molecule has 1 atom stereocenters. The molecule has 1 heterocycles. The molecule has 1 aliphatic rings. The molecule has 94 valence electrons. The highest BCUT2D eigenvalue weighted by atomic mass is 16.6. The van der Waals surface area contributed by atoms with Gasteiger partial charge in [-0.3, -0.25) is 0 Å². The van der Waals surface area contributed by atoms with Crippen LogP contribution in [0.25, 0.3) is 0 Å². The summed E-state index contributed by atoms with van der Waals surface area (Å²) in [5.74, 6) is -0.291. The average molecular weight is 231 g/mol. The minimum atomic E-state index is -0.764. The van der Waals surface area contributed by atoms with Gasteiger partial charge in [0.2, 0.25) is 0 Å². The van der Waals surface area contributed by atoms with Gasteiger partial charge in [-0.25, -0.2) is 4.79 Å². The van der Waals surface area contributed by atoms with Crippen LogP contribution in [-0.4, -0.2) is 51.1 Å². The van der Waals surface area contributed by atoms with E-state index in [-0.39, 0.29) is 12.1 Å². The van der Waals surface area contributed by atoms with Crippen molar-refractivity contribution < 1.29 is 19.0 Å². The van der Waals surface area contributed by atoms with Crippen LogP contribution in [0.15, 0.2) is 0 Å². The molecule has 0 aromatic rings. The van der Waals surface area contributed by atoms with Gasteiger partial charge in [-0.2, -0.15) is 0 Å². The lowest BCUT2D eigenvalue weighted by Crippen LogP contribution is -2.55. The first kappa shape index (κ1) is 13.4. The van der Waals surface area contributed by atoms with Crippen LogP contribution in [0.3, 0.4) is 0 Å². The predicted molar refractivity (Wildman–Crippen MR) is 59.3 cm³/mol. The molecule has 16 heavy (non-hydrogen) atoms. The Kier molecular flexibility index (Phi) is 5.18. The Morgan fingerprint density at radius 3 is 2.69 bits per heavy atom. The minimum absolute atomic E-state index is 0.118. The van der Waals surface area contributed by atoms with Crippen LogP contribution in [0.4, 0.5) is 0 Å². The summed E-state index contributed by atoms with van der Waals surface area (Å²) in [6, 6.07) is 0. The van der Waals surface area contributed by atoms with Crippen LogP contribution >= 0.6 is 0 Å². The van der Waals surface area contributed by atoms with Crippen molar-refractivity contribution in [1.82, 2.24) is 5.32 Å². The number of esters is 1. The molecule has 1 aliphatic heterocycles. The van der Waals surface area contributed by atoms with Crippen molar-refractivity contribution in [2.75, 3.05) is 33.5 Å². The van der Waals surface area contributed by atoms with Gasteiger partial charge in [-0.05, 0) is 19.9 Å². The third-order valence-corrected chi connectivity index (χ3v) is 2.62. The summed E-state index contributed by atoms with van der Waals surface area (Å²) in [6.45, 7) is 6.15. The Morgan fingerprint density at radius 2 is 2.25 bits per heavy atom. The van der Waals surface area contributed by atoms with Gasteiger partial charge >= 0.3 is 5.97 Å². The number of ether oxygens (including phenoxy) is 3. The summed E-state index contributed by atoms with van der Waals surface area (Å²) >= 11 is 0. The van der Waals surface area contributed by atoms with E-state index in [0.29, 0.717) is 19.8 Å². The summed E-state index contributed by atoms with van der Waals surface area (Å²) in [7, 11) is 1.39. The number of hydrogen-bond donors (Lipinski definition) is 1. The zero-order chi connectivity index (χ0) is 12.0. The van der Waals surface area contributed by atoms with Crippen molar-refractivity contribution >= 4 is 5.97 Å². The van der Waals surface area contributed by atoms with E-state index in [9.17, 15) is 4.79 Å². The molecular formula is C11H21NO4. The highest BCUT2D eigenvalue weighted by Gasteiger charge is 2.35. The van der Waals surface area contributed by atoms with Crippen molar-refractivity contribution in [2.24, 2.45) is 0 Å². The molecule has 0 radical (unpaired) electrons. The van der Waals surface area contributed by atoms with E-state index in [2.05, 4.69) is 5.32 Å². The topological polar surface area (TPSA) is 56.8 Å². The molecule has 1 fully saturated rings. The molecule has 5 nitrogen and oxygen atoms in total. The molecule has 0 aliphatic carbocycles. The van der Waals surface area contributed by atoms with E-state index in [1.165, 1.54) is 7.11 Å². The molecule has 0 aromatic heterocycles. The largest absolute Gasteiger partial charge is 0.468 e. The summed E-state index contributed by atoms with van der Waals surface area (Å²) in [5, 5.41) is 3.16. The lowest BCUT2D eigenvalue weighted by atomic mass is 10.0. The molecule has 1 unspecified atom stereocenters. The maximum atomic E-state index is 11.7. The Morgan fingerprint density at radius 1 is 1.56 bits per heavy atom. The standard InChI is InChI=1S/C11H21NO4/c1-4-5-12-11(2,10(13)14-3)8-16-9-6-15-7-9/h9,12H,4-8H2,1-3H3. The van der Waals surface area contributed by atoms with Crippen LogP contribution in [-0.2, 0) is 19.0 Å². The van der Waals surface area contributed by atoms with Gasteiger partial charge < -0.3 is 19.5 Å². The smallest absolute Gasteiger partial charge is 0.328 e. The number of nitrogens with one attached hydrogen (secondary N) is 1. The Hall–Kier alpha value is -0.650. The van der Waals surface area contributed by atoms with E-state index in [1.54, 1.807) is 6.92 Å². The average Bonchev–Trinajstić information content (AvgIpc) is 2.23. The maximum absolute atomic E-state index is 11.7. The predicted octanol–water partition coefficient (Wildman–Crippen LogP) is 0.333. The second-order valence-corrected chi connectivity index (χ2v) is 4.22. The SMILES string of the molecule is CCCNC(C)(COC1COC1)C(=O)OC. The fourth-order valence-corrected chi connectivity index (χ4v) is 1.40. The first-order valence-electron chi connectivity index (χ1n) is 5.65. The third kappa shape index (κ3) is 3.43. The fraction of sp³-hybridized carbons (Fsp3) is 0.909. The molecule has 1 N–H and O–H groups in total. The van der Waals surface area contributed by atoms with E-state index in [1.807, 2.05) is 6.92 Å². The normalized spacial score (nSPS) is 19.9. The van der Waals surface area contributed by atoms with E-state index >= 15 is 0 Å². The highest BCUT2D eigenvalue weighted by Crippen LogP contribution is 2.12. The van der Waals surface area contributed by atoms with Gasteiger partial charge in [0, 0.05) is 0 Å². The first-order valence-corrected chi connectivity index (χ1v) is 5.65. The monoisotopic (exact) mass is 231 g/mol. The third-order valence-electron chi connectivity index (χ3n) is 2.62. The highest BCUT2D eigenvalue weighted by molar-refractivity contribution is 5.80. The minimum Gasteiger partial charge on any atom is -0.468 e. The van der Waals surface area contributed by atoms with Crippen molar-refractivity contribution in [1.29, 1.82) is 0 Å². The lowest BCUT2D eigenvalue weighted by Gasteiger charge is -2.32. The number of rotatable bonds is 7. The number of methoxy groups -OCH3 is 1. The van der Waals surface area contributed by atoms with Crippen LogP contribution in [0.1, 0.15) is 20.3 Å². The number of hydrogen-bond acceptors (Lipinski definition) is 5. The Labute approximate surface area is 96.4 Å². The van der Waals surface area contributed by atoms with Gasteiger partial charge in [0.25, 0.3) is 0 Å². The van der Waals surface area contributed by atoms with Gasteiger partial charge in [-0.1, -0.05) is 6.92 Å². The van der Waals surface area contributed by atoms with Gasteiger partial charge in [0.05, 0.1) is 26.9 Å². The van der Waals surface area contributed by atoms with Crippen molar-refractivity contribution in [3.63, 3.8) is 0 Å². The van der Waals surface area contributed by atoms with E-state index in [0.717, 1.165) is 13.0 Å². The van der Waals surface area contributed by atoms with Crippen LogP contribution in [0.5, 0.6) is 0 Å². The molecule has 0 bridgehead atoms. The first-order chi connectivity index (χ1) is 7.62. The molecule has 1 saturated heterocycles. The molecule has 0 aromatic carbocycles. The van der Waals surface area contributed by atoms with Crippen LogP contribution in [0.2, 0.25) is 0 Å². The fourth-order valence-electron chi connectivity index (χ4n) is 1.40.